The van der Waals surface area contributed by atoms with Crippen LogP contribution in [0, 0.1) is 0 Å². The van der Waals surface area contributed by atoms with E-state index in [1.54, 1.807) is 6.07 Å². The van der Waals surface area contributed by atoms with E-state index in [1.807, 2.05) is 16.7 Å². The van der Waals surface area contributed by atoms with Gasteiger partial charge >= 0.3 is 0 Å². The van der Waals surface area contributed by atoms with Crippen molar-refractivity contribution in [3.05, 3.63) is 28.8 Å². The average molecular weight is 325 g/mol. The molecule has 0 spiro atoms. The van der Waals surface area contributed by atoms with Crippen molar-refractivity contribution < 1.29 is 9.63 Å². The van der Waals surface area contributed by atoms with Gasteiger partial charge in [0.25, 0.3) is 5.91 Å². The Balaban J connectivity index is 2.67. The first-order valence-electron chi connectivity index (χ1n) is 6.87. The number of oxime groups is 1. The summed E-state index contributed by atoms with van der Waals surface area (Å²) in [4.78, 5) is 17.7. The van der Waals surface area contributed by atoms with Gasteiger partial charge in [-0.25, -0.2) is 0 Å². The smallest absolute Gasteiger partial charge is 0.273 e. The molecule has 114 valence electrons. The first-order valence-corrected chi connectivity index (χ1v) is 10.2. The third kappa shape index (κ3) is 2.49. The molecule has 0 saturated carbocycles. The van der Waals surface area contributed by atoms with Crippen LogP contribution in [0.3, 0.4) is 0 Å². The Kier molecular flexibility index (Phi) is 3.93. The highest BCUT2D eigenvalue weighted by atomic mass is 35.5. The van der Waals surface area contributed by atoms with E-state index in [0.717, 1.165) is 11.3 Å². The molecule has 0 bridgehead atoms. The molecule has 1 aliphatic heterocycles. The number of fused-ring (bicyclic) bond motifs is 1. The fourth-order valence-electron chi connectivity index (χ4n) is 2.29. The zero-order chi connectivity index (χ0) is 16.0. The molecule has 1 heterocycles. The average Bonchev–Trinajstić information content (AvgIpc) is 2.62. The lowest BCUT2D eigenvalue weighted by atomic mass is 10.1. The van der Waals surface area contributed by atoms with Gasteiger partial charge in [-0.15, -0.1) is 0 Å². The van der Waals surface area contributed by atoms with Crippen molar-refractivity contribution in [1.29, 1.82) is 0 Å². The molecule has 1 aliphatic rings. The molecule has 0 fully saturated rings. The van der Waals surface area contributed by atoms with Crippen molar-refractivity contribution >= 4 is 37.1 Å². The molecular formula is C15H21ClN2O2Si. The number of hydrogen-bond acceptors (Lipinski definition) is 3. The Morgan fingerprint density at radius 2 is 1.90 bits per heavy atom. The minimum Gasteiger partial charge on any atom is -0.398 e. The standard InChI is InChI=1S/C15H21ClN2O2Si/c1-15(2,3)21(5,6)18-12-8-7-10(16)9-11(12)13(14(18)19)17-20-4/h7-9H,1-6H3/b17-13+. The second-order valence-electron chi connectivity index (χ2n) is 6.73. The molecule has 0 radical (unpaired) electrons. The highest BCUT2D eigenvalue weighted by Gasteiger charge is 2.49. The maximum atomic E-state index is 12.9. The second kappa shape index (κ2) is 5.14. The molecule has 0 unspecified atom stereocenters. The number of rotatable bonds is 2. The lowest BCUT2D eigenvalue weighted by Crippen LogP contribution is -2.57. The van der Waals surface area contributed by atoms with Crippen molar-refractivity contribution in [2.24, 2.45) is 5.16 Å². The van der Waals surface area contributed by atoms with Crippen LogP contribution < -0.4 is 4.57 Å². The molecule has 1 aromatic carbocycles. The molecule has 6 heteroatoms. The van der Waals surface area contributed by atoms with Crippen molar-refractivity contribution in [3.63, 3.8) is 0 Å². The predicted octanol–water partition coefficient (Wildman–Crippen LogP) is 4.04. The van der Waals surface area contributed by atoms with E-state index < -0.39 is 8.24 Å². The summed E-state index contributed by atoms with van der Waals surface area (Å²) in [7, 11) is -0.626. The Labute approximate surface area is 131 Å². The van der Waals surface area contributed by atoms with E-state index in [-0.39, 0.29) is 10.9 Å². The van der Waals surface area contributed by atoms with E-state index in [2.05, 4.69) is 39.0 Å². The van der Waals surface area contributed by atoms with Crippen molar-refractivity contribution in [3.8, 4) is 0 Å². The summed E-state index contributed by atoms with van der Waals surface area (Å²) in [6, 6.07) is 5.48. The number of carbonyl (C=O) groups excluding carboxylic acids is 1. The fourth-order valence-corrected chi connectivity index (χ4v) is 4.55. The number of halogens is 1. The van der Waals surface area contributed by atoms with E-state index in [1.165, 1.54) is 7.11 Å². The summed E-state index contributed by atoms with van der Waals surface area (Å²) in [5, 5.41) is 4.54. The second-order valence-corrected chi connectivity index (χ2v) is 12.2. The minimum absolute atomic E-state index is 0.0298. The van der Waals surface area contributed by atoms with Gasteiger partial charge in [0, 0.05) is 16.3 Å². The number of amides is 1. The van der Waals surface area contributed by atoms with E-state index in [9.17, 15) is 4.79 Å². The molecule has 0 aromatic heterocycles. The topological polar surface area (TPSA) is 41.9 Å². The lowest BCUT2D eigenvalue weighted by molar-refractivity contribution is -0.111. The summed E-state index contributed by atoms with van der Waals surface area (Å²) in [6.07, 6.45) is 0. The molecule has 2 rings (SSSR count). The van der Waals surface area contributed by atoms with Gasteiger partial charge in [0.1, 0.15) is 7.11 Å². The number of carbonyl (C=O) groups is 1. The van der Waals surface area contributed by atoms with Crippen LogP contribution in [0.2, 0.25) is 23.2 Å². The summed E-state index contributed by atoms with van der Waals surface area (Å²) >= 11 is 6.07. The number of nitrogens with zero attached hydrogens (tertiary/aromatic N) is 2. The van der Waals surface area contributed by atoms with Gasteiger partial charge in [0.15, 0.2) is 13.9 Å². The first-order chi connectivity index (χ1) is 9.61. The molecule has 0 saturated heterocycles. The number of hydrogen-bond donors (Lipinski definition) is 0. The largest absolute Gasteiger partial charge is 0.398 e. The molecule has 21 heavy (non-hydrogen) atoms. The van der Waals surface area contributed by atoms with Crippen molar-refractivity contribution in [1.82, 2.24) is 0 Å². The predicted molar refractivity (Wildman–Crippen MR) is 89.7 cm³/mol. The summed E-state index contributed by atoms with van der Waals surface area (Å²) in [5.41, 5.74) is 1.96. The van der Waals surface area contributed by atoms with Crippen LogP contribution in [-0.4, -0.2) is 27.0 Å². The Morgan fingerprint density at radius 3 is 2.43 bits per heavy atom. The SMILES string of the molecule is CO/N=C1/C(=O)N([Si](C)(C)C(C)(C)C)c2ccc(Cl)cc21. The van der Waals surface area contributed by atoms with Crippen LogP contribution in [0.25, 0.3) is 0 Å². The van der Waals surface area contributed by atoms with Gasteiger partial charge in [0.05, 0.1) is 0 Å². The molecule has 0 N–H and O–H groups in total. The van der Waals surface area contributed by atoms with Crippen LogP contribution in [0.1, 0.15) is 26.3 Å². The van der Waals surface area contributed by atoms with Gasteiger partial charge in [-0.2, -0.15) is 0 Å². The van der Waals surface area contributed by atoms with E-state index >= 15 is 0 Å². The Hall–Kier alpha value is -1.33. The minimum atomic E-state index is -2.07. The van der Waals surface area contributed by atoms with E-state index in [4.69, 9.17) is 16.4 Å². The quantitative estimate of drug-likeness (QED) is 0.608. The number of anilines is 1. The third-order valence-electron chi connectivity index (χ3n) is 4.44. The molecule has 1 aromatic rings. The van der Waals surface area contributed by atoms with Gasteiger partial charge in [0.2, 0.25) is 0 Å². The highest BCUT2D eigenvalue weighted by Crippen LogP contribution is 2.44. The first kappa shape index (κ1) is 16.0. The van der Waals surface area contributed by atoms with Crippen LogP contribution >= 0.6 is 11.6 Å². The molecular weight excluding hydrogens is 304 g/mol. The maximum absolute atomic E-state index is 12.9. The van der Waals surface area contributed by atoms with Crippen molar-refractivity contribution in [2.45, 2.75) is 38.9 Å². The van der Waals surface area contributed by atoms with Gasteiger partial charge < -0.3 is 9.40 Å². The lowest BCUT2D eigenvalue weighted by Gasteiger charge is -2.43. The summed E-state index contributed by atoms with van der Waals surface area (Å²) in [6.45, 7) is 10.9. The van der Waals surface area contributed by atoms with Crippen LogP contribution in [0.4, 0.5) is 5.69 Å². The monoisotopic (exact) mass is 324 g/mol. The van der Waals surface area contributed by atoms with Gasteiger partial charge in [-0.05, 0) is 23.2 Å². The Morgan fingerprint density at radius 1 is 1.29 bits per heavy atom. The van der Waals surface area contributed by atoms with Gasteiger partial charge in [-0.3, -0.25) is 4.79 Å². The Bertz CT molecular complexity index is 621. The highest BCUT2D eigenvalue weighted by molar-refractivity contribution is 6.90. The zero-order valence-electron chi connectivity index (χ0n) is 13.3. The molecule has 0 atom stereocenters. The third-order valence-corrected chi connectivity index (χ3v) is 9.91. The summed E-state index contributed by atoms with van der Waals surface area (Å²) < 4.78 is 1.93. The normalized spacial score (nSPS) is 17.4. The maximum Gasteiger partial charge on any atom is 0.273 e. The number of benzene rings is 1. The zero-order valence-corrected chi connectivity index (χ0v) is 15.1. The van der Waals surface area contributed by atoms with Crippen LogP contribution in [-0.2, 0) is 9.63 Å². The van der Waals surface area contributed by atoms with Crippen LogP contribution in [0.5, 0.6) is 0 Å². The van der Waals surface area contributed by atoms with E-state index in [0.29, 0.717) is 10.7 Å². The summed E-state index contributed by atoms with van der Waals surface area (Å²) in [5.74, 6) is -0.0966. The molecule has 1 amide bonds. The molecule has 4 nitrogen and oxygen atoms in total. The van der Waals surface area contributed by atoms with Gasteiger partial charge in [-0.1, -0.05) is 50.6 Å². The van der Waals surface area contributed by atoms with Crippen molar-refractivity contribution in [2.75, 3.05) is 11.7 Å². The van der Waals surface area contributed by atoms with Crippen LogP contribution in [0.15, 0.2) is 23.4 Å². The molecule has 0 aliphatic carbocycles. The fraction of sp³-hybridized carbons (Fsp3) is 0.467.